The molecule has 2 aromatic rings. The third kappa shape index (κ3) is 4.85. The highest BCUT2D eigenvalue weighted by Gasteiger charge is 2.43. The molecule has 0 radical (unpaired) electrons. The predicted molar refractivity (Wildman–Crippen MR) is 98.7 cm³/mol. The van der Waals surface area contributed by atoms with E-state index in [1.807, 2.05) is 41.5 Å². The number of phenolic OH excluding ortho intramolecular Hbond substituents is 1. The van der Waals surface area contributed by atoms with E-state index in [1.165, 1.54) is 12.1 Å². The first-order valence-electron chi connectivity index (χ1n) is 8.86. The van der Waals surface area contributed by atoms with Gasteiger partial charge in [0.1, 0.15) is 5.75 Å². The molecule has 0 atom stereocenters. The van der Waals surface area contributed by atoms with Gasteiger partial charge in [-0.05, 0) is 29.0 Å². The Morgan fingerprint density at radius 1 is 0.655 bits per heavy atom. The van der Waals surface area contributed by atoms with Crippen molar-refractivity contribution in [3.05, 3.63) is 46.6 Å². The molecule has 0 saturated heterocycles. The highest BCUT2D eigenvalue weighted by atomic mass is 19.4. The average Bonchev–Trinajstić information content (AvgIpc) is 2.50. The zero-order chi connectivity index (χ0) is 22.6. The molecule has 2 nitrogen and oxygen atoms in total. The van der Waals surface area contributed by atoms with Crippen LogP contribution in [-0.4, -0.2) is 10.1 Å². The predicted octanol–water partition coefficient (Wildman–Crippen LogP) is 7.09. The van der Waals surface area contributed by atoms with E-state index in [9.17, 15) is 31.4 Å². The fraction of sp³-hybridized carbons (Fsp3) is 0.476. The first-order chi connectivity index (χ1) is 12.8. The number of hydrogen-bond acceptors (Lipinski definition) is 2. The number of hydrogen-bond donors (Lipinski definition) is 1. The summed E-state index contributed by atoms with van der Waals surface area (Å²) < 4.78 is 79.0. The Morgan fingerprint density at radius 3 is 1.41 bits per heavy atom. The summed E-state index contributed by atoms with van der Waals surface area (Å²) in [5.41, 5.74) is -3.85. The van der Waals surface area contributed by atoms with Crippen LogP contribution in [0.2, 0.25) is 0 Å². The van der Waals surface area contributed by atoms with Crippen molar-refractivity contribution >= 4 is 0 Å². The molecule has 0 fully saturated rings. The molecule has 29 heavy (non-hydrogen) atoms. The van der Waals surface area contributed by atoms with E-state index in [-0.39, 0.29) is 23.2 Å². The molecule has 0 unspecified atom stereocenters. The molecule has 2 rings (SSSR count). The second-order valence-electron chi connectivity index (χ2n) is 9.03. The smallest absolute Gasteiger partial charge is 0.418 e. The number of rotatable bonds is 1. The minimum Gasteiger partial charge on any atom is -0.507 e. The fourth-order valence-electron chi connectivity index (χ4n) is 3.00. The van der Waals surface area contributed by atoms with E-state index in [0.717, 1.165) is 0 Å². The van der Waals surface area contributed by atoms with E-state index in [1.54, 1.807) is 0 Å². The van der Waals surface area contributed by atoms with E-state index >= 15 is 0 Å². The largest absolute Gasteiger partial charge is 0.507 e. The molecular formula is C21H23F6NO. The maximum atomic E-state index is 13.3. The Morgan fingerprint density at radius 2 is 1.07 bits per heavy atom. The first kappa shape index (κ1) is 23.0. The molecule has 0 amide bonds. The van der Waals surface area contributed by atoms with Crippen LogP contribution in [0.4, 0.5) is 26.3 Å². The minimum absolute atomic E-state index is 0.0108. The van der Waals surface area contributed by atoms with Crippen LogP contribution in [-0.2, 0) is 23.2 Å². The number of aromatic nitrogens is 1. The Kier molecular flexibility index (Phi) is 5.49. The lowest BCUT2D eigenvalue weighted by Crippen LogP contribution is -2.18. The van der Waals surface area contributed by atoms with Crippen molar-refractivity contribution in [3.63, 3.8) is 0 Å². The van der Waals surface area contributed by atoms with Gasteiger partial charge >= 0.3 is 12.4 Å². The molecule has 1 N–H and O–H groups in total. The second kappa shape index (κ2) is 6.92. The van der Waals surface area contributed by atoms with Crippen molar-refractivity contribution < 1.29 is 31.4 Å². The van der Waals surface area contributed by atoms with Crippen molar-refractivity contribution in [1.82, 2.24) is 4.98 Å². The Hall–Kier alpha value is -2.25. The van der Waals surface area contributed by atoms with Crippen molar-refractivity contribution in [1.29, 1.82) is 0 Å². The maximum absolute atomic E-state index is 13.3. The van der Waals surface area contributed by atoms with Crippen LogP contribution in [0.1, 0.15) is 63.8 Å². The number of alkyl halides is 6. The summed E-state index contributed by atoms with van der Waals surface area (Å²) >= 11 is 0. The summed E-state index contributed by atoms with van der Waals surface area (Å²) in [7, 11) is 0. The van der Waals surface area contributed by atoms with Gasteiger partial charge in [0.15, 0.2) is 0 Å². The van der Waals surface area contributed by atoms with Crippen molar-refractivity contribution in [2.24, 2.45) is 0 Å². The lowest BCUT2D eigenvalue weighted by Gasteiger charge is -2.28. The first-order valence-corrected chi connectivity index (χ1v) is 8.86. The number of nitrogens with zero attached hydrogens (tertiary/aromatic N) is 1. The van der Waals surface area contributed by atoms with Crippen LogP contribution in [0, 0.1) is 0 Å². The maximum Gasteiger partial charge on any atom is 0.418 e. The fourth-order valence-corrected chi connectivity index (χ4v) is 3.00. The van der Waals surface area contributed by atoms with Gasteiger partial charge in [-0.15, -0.1) is 0 Å². The normalized spacial score (nSPS) is 13.7. The summed E-state index contributed by atoms with van der Waals surface area (Å²) in [5, 5.41) is 10.7. The van der Waals surface area contributed by atoms with Crippen LogP contribution in [0.3, 0.4) is 0 Å². The van der Waals surface area contributed by atoms with Crippen LogP contribution in [0.15, 0.2) is 24.4 Å². The molecule has 1 aromatic heterocycles. The molecule has 0 spiro atoms. The van der Waals surface area contributed by atoms with Gasteiger partial charge in [0.25, 0.3) is 0 Å². The SMILES string of the molecule is CC(C)(C)c1cc(-c2cc(C(F)(F)F)c(C(F)(F)F)cn2)cc(C(C)(C)C)c1O. The van der Waals surface area contributed by atoms with Crippen molar-refractivity contribution in [3.8, 4) is 17.0 Å². The summed E-state index contributed by atoms with van der Waals surface area (Å²) in [4.78, 5) is 3.66. The standard InChI is InChI=1S/C21H23F6NO/c1-18(2,3)13-7-11(8-14(17(13)29)19(4,5)6)16-9-12(20(22,23)24)15(10-28-16)21(25,26)27/h7-10,29H,1-6H3. The molecule has 160 valence electrons. The molecule has 0 aliphatic heterocycles. The Bertz CT molecular complexity index is 880. The quantitative estimate of drug-likeness (QED) is 0.501. The molecule has 0 aliphatic carbocycles. The number of halogens is 6. The highest BCUT2D eigenvalue weighted by Crippen LogP contribution is 2.44. The molecule has 8 heteroatoms. The molecule has 0 bridgehead atoms. The van der Waals surface area contributed by atoms with Crippen LogP contribution < -0.4 is 0 Å². The number of benzene rings is 1. The van der Waals surface area contributed by atoms with Gasteiger partial charge in [0.2, 0.25) is 0 Å². The molecule has 0 saturated carbocycles. The summed E-state index contributed by atoms with van der Waals surface area (Å²) in [6, 6.07) is 3.36. The Labute approximate surface area is 165 Å². The van der Waals surface area contributed by atoms with E-state index in [4.69, 9.17) is 0 Å². The van der Waals surface area contributed by atoms with Gasteiger partial charge in [0.05, 0.1) is 16.8 Å². The van der Waals surface area contributed by atoms with Gasteiger partial charge < -0.3 is 5.11 Å². The zero-order valence-electron chi connectivity index (χ0n) is 17.0. The van der Waals surface area contributed by atoms with Gasteiger partial charge in [-0.3, -0.25) is 4.98 Å². The summed E-state index contributed by atoms with van der Waals surface area (Å²) in [6.45, 7) is 10.9. The molecule has 1 heterocycles. The second-order valence-corrected chi connectivity index (χ2v) is 9.03. The van der Waals surface area contributed by atoms with Crippen molar-refractivity contribution in [2.45, 2.75) is 64.7 Å². The average molecular weight is 419 g/mol. The summed E-state index contributed by atoms with van der Waals surface area (Å²) in [5.74, 6) is 0.0108. The van der Waals surface area contributed by atoms with E-state index in [2.05, 4.69) is 4.98 Å². The van der Waals surface area contributed by atoms with Crippen LogP contribution in [0.5, 0.6) is 5.75 Å². The third-order valence-electron chi connectivity index (χ3n) is 4.54. The topological polar surface area (TPSA) is 33.1 Å². The molecule has 0 aliphatic rings. The van der Waals surface area contributed by atoms with Crippen LogP contribution >= 0.6 is 0 Å². The lowest BCUT2D eigenvalue weighted by atomic mass is 9.78. The molecule has 1 aromatic carbocycles. The van der Waals surface area contributed by atoms with Crippen LogP contribution in [0.25, 0.3) is 11.3 Å². The number of phenols is 1. The Balaban J connectivity index is 2.84. The number of pyridine rings is 1. The highest BCUT2D eigenvalue weighted by molar-refractivity contribution is 5.67. The molecular weight excluding hydrogens is 396 g/mol. The van der Waals surface area contributed by atoms with Gasteiger partial charge in [-0.25, -0.2) is 0 Å². The summed E-state index contributed by atoms with van der Waals surface area (Å²) in [6.07, 6.45) is -10.2. The van der Waals surface area contributed by atoms with E-state index in [0.29, 0.717) is 17.2 Å². The van der Waals surface area contributed by atoms with E-state index < -0.39 is 34.3 Å². The van der Waals surface area contributed by atoms with Gasteiger partial charge in [-0.2, -0.15) is 26.3 Å². The van der Waals surface area contributed by atoms with Crippen molar-refractivity contribution in [2.75, 3.05) is 0 Å². The minimum atomic E-state index is -5.20. The lowest BCUT2D eigenvalue weighted by molar-refractivity contribution is -0.162. The van der Waals surface area contributed by atoms with Gasteiger partial charge in [0, 0.05) is 22.9 Å². The monoisotopic (exact) mass is 419 g/mol. The number of aromatic hydroxyl groups is 1. The zero-order valence-corrected chi connectivity index (χ0v) is 17.0. The third-order valence-corrected chi connectivity index (χ3v) is 4.54. The van der Waals surface area contributed by atoms with Gasteiger partial charge in [-0.1, -0.05) is 41.5 Å².